The first-order chi connectivity index (χ1) is 8.22. The van der Waals surface area contributed by atoms with E-state index in [1.807, 2.05) is 6.07 Å². The van der Waals surface area contributed by atoms with E-state index in [1.165, 1.54) is 29.3 Å². The van der Waals surface area contributed by atoms with E-state index < -0.39 is 0 Å². The number of hydrogen-bond acceptors (Lipinski definition) is 2. The zero-order valence-electron chi connectivity index (χ0n) is 10.1. The normalized spacial score (nSPS) is 18.4. The van der Waals surface area contributed by atoms with Crippen molar-refractivity contribution in [2.45, 2.75) is 12.8 Å². The van der Waals surface area contributed by atoms with Crippen molar-refractivity contribution in [2.24, 2.45) is 13.0 Å². The Morgan fingerprint density at radius 1 is 1.35 bits per heavy atom. The number of benzene rings is 1. The summed E-state index contributed by atoms with van der Waals surface area (Å²) >= 11 is 0. The fourth-order valence-electron chi connectivity index (χ4n) is 2.90. The quantitative estimate of drug-likeness (QED) is 0.701. The SMILES string of the molecule is COC(=O)C1Cc2c(n(C)c3ccccc23)C1. The molecule has 1 aromatic carbocycles. The molecule has 0 saturated heterocycles. The van der Waals surface area contributed by atoms with Crippen LogP contribution in [0.5, 0.6) is 0 Å². The molecule has 1 aromatic heterocycles. The maximum absolute atomic E-state index is 11.6. The van der Waals surface area contributed by atoms with E-state index in [-0.39, 0.29) is 11.9 Å². The standard InChI is InChI=1S/C14H15NO2/c1-15-12-6-4-3-5-10(12)11-7-9(8-13(11)15)14(16)17-2/h3-6,9H,7-8H2,1-2H3. The highest BCUT2D eigenvalue weighted by atomic mass is 16.5. The zero-order valence-corrected chi connectivity index (χ0v) is 10.1. The molecule has 1 atom stereocenters. The van der Waals surface area contributed by atoms with Gasteiger partial charge < -0.3 is 9.30 Å². The number of carbonyl (C=O) groups is 1. The van der Waals surface area contributed by atoms with Crippen LogP contribution in [0.25, 0.3) is 10.9 Å². The summed E-state index contributed by atoms with van der Waals surface area (Å²) in [5, 5.41) is 1.27. The highest BCUT2D eigenvalue weighted by Gasteiger charge is 2.32. The maximum Gasteiger partial charge on any atom is 0.309 e. The van der Waals surface area contributed by atoms with Gasteiger partial charge >= 0.3 is 5.97 Å². The molecule has 1 unspecified atom stereocenters. The van der Waals surface area contributed by atoms with Gasteiger partial charge in [-0.2, -0.15) is 0 Å². The number of hydrogen-bond donors (Lipinski definition) is 0. The monoisotopic (exact) mass is 229 g/mol. The number of para-hydroxylation sites is 1. The van der Waals surface area contributed by atoms with Gasteiger partial charge in [0.1, 0.15) is 0 Å². The second-order valence-electron chi connectivity index (χ2n) is 4.63. The lowest BCUT2D eigenvalue weighted by Crippen LogP contribution is -2.16. The number of methoxy groups -OCH3 is 1. The van der Waals surface area contributed by atoms with Gasteiger partial charge in [0.05, 0.1) is 13.0 Å². The van der Waals surface area contributed by atoms with Gasteiger partial charge in [-0.05, 0) is 18.1 Å². The minimum Gasteiger partial charge on any atom is -0.469 e. The van der Waals surface area contributed by atoms with Crippen LogP contribution in [0, 0.1) is 5.92 Å². The Kier molecular flexibility index (Phi) is 2.21. The van der Waals surface area contributed by atoms with Crippen molar-refractivity contribution < 1.29 is 9.53 Å². The van der Waals surface area contributed by atoms with Crippen LogP contribution >= 0.6 is 0 Å². The van der Waals surface area contributed by atoms with Gasteiger partial charge in [0.15, 0.2) is 0 Å². The van der Waals surface area contributed by atoms with Gasteiger partial charge in [-0.3, -0.25) is 4.79 Å². The lowest BCUT2D eigenvalue weighted by Gasteiger charge is -2.07. The first kappa shape index (κ1) is 10.4. The molecule has 1 aliphatic carbocycles. The molecular weight excluding hydrogens is 214 g/mol. The highest BCUT2D eigenvalue weighted by molar-refractivity contribution is 5.88. The number of nitrogens with zero attached hydrogens (tertiary/aromatic N) is 1. The van der Waals surface area contributed by atoms with E-state index >= 15 is 0 Å². The van der Waals surface area contributed by atoms with Gasteiger partial charge in [0.2, 0.25) is 0 Å². The second kappa shape index (κ2) is 3.62. The molecule has 0 aliphatic heterocycles. The lowest BCUT2D eigenvalue weighted by molar-refractivity contribution is -0.145. The predicted octanol–water partition coefficient (Wildman–Crippen LogP) is 2.07. The van der Waals surface area contributed by atoms with Crippen LogP contribution in [0.1, 0.15) is 11.3 Å². The van der Waals surface area contributed by atoms with Crippen LogP contribution in [0.2, 0.25) is 0 Å². The maximum atomic E-state index is 11.6. The highest BCUT2D eigenvalue weighted by Crippen LogP contribution is 2.35. The van der Waals surface area contributed by atoms with Crippen LogP contribution < -0.4 is 0 Å². The molecule has 88 valence electrons. The number of carbonyl (C=O) groups excluding carboxylic acids is 1. The summed E-state index contributed by atoms with van der Waals surface area (Å²) in [6.07, 6.45) is 1.61. The summed E-state index contributed by atoms with van der Waals surface area (Å²) < 4.78 is 7.04. The van der Waals surface area contributed by atoms with Crippen LogP contribution in [0.4, 0.5) is 0 Å². The minimum absolute atomic E-state index is 0.000746. The first-order valence-electron chi connectivity index (χ1n) is 5.85. The molecule has 0 amide bonds. The summed E-state index contributed by atoms with van der Waals surface area (Å²) in [7, 11) is 3.53. The van der Waals surface area contributed by atoms with Crippen molar-refractivity contribution in [1.82, 2.24) is 4.57 Å². The smallest absolute Gasteiger partial charge is 0.309 e. The van der Waals surface area contributed by atoms with Crippen molar-refractivity contribution in [3.63, 3.8) is 0 Å². The van der Waals surface area contributed by atoms with Gasteiger partial charge in [-0.1, -0.05) is 18.2 Å². The Bertz CT molecular complexity index is 598. The Hall–Kier alpha value is -1.77. The summed E-state index contributed by atoms with van der Waals surface area (Å²) in [6, 6.07) is 8.36. The molecule has 1 aliphatic rings. The van der Waals surface area contributed by atoms with E-state index in [9.17, 15) is 4.79 Å². The molecule has 1 heterocycles. The van der Waals surface area contributed by atoms with E-state index in [0.717, 1.165) is 12.8 Å². The molecule has 0 N–H and O–H groups in total. The first-order valence-corrected chi connectivity index (χ1v) is 5.85. The summed E-state index contributed by atoms with van der Waals surface area (Å²) in [6.45, 7) is 0. The summed E-state index contributed by atoms with van der Waals surface area (Å²) in [5.74, 6) is -0.0916. The average molecular weight is 229 g/mol. The van der Waals surface area contributed by atoms with Crippen molar-refractivity contribution in [3.8, 4) is 0 Å². The minimum atomic E-state index is -0.0923. The topological polar surface area (TPSA) is 31.2 Å². The molecule has 3 rings (SSSR count). The van der Waals surface area contributed by atoms with Gasteiger partial charge in [0.25, 0.3) is 0 Å². The lowest BCUT2D eigenvalue weighted by atomic mass is 10.1. The fraction of sp³-hybridized carbons (Fsp3) is 0.357. The molecule has 17 heavy (non-hydrogen) atoms. The third-order valence-corrected chi connectivity index (χ3v) is 3.77. The Balaban J connectivity index is 2.10. The predicted molar refractivity (Wildman–Crippen MR) is 65.8 cm³/mol. The molecule has 0 saturated carbocycles. The van der Waals surface area contributed by atoms with Crippen LogP contribution in [-0.2, 0) is 29.4 Å². The van der Waals surface area contributed by atoms with Gasteiger partial charge in [0, 0.05) is 30.1 Å². The van der Waals surface area contributed by atoms with Crippen molar-refractivity contribution in [1.29, 1.82) is 0 Å². The van der Waals surface area contributed by atoms with Crippen molar-refractivity contribution >= 4 is 16.9 Å². The van der Waals surface area contributed by atoms with E-state index in [4.69, 9.17) is 4.74 Å². The number of aromatic nitrogens is 1. The molecule has 2 aromatic rings. The molecule has 3 heteroatoms. The van der Waals surface area contributed by atoms with Crippen LogP contribution in [0.15, 0.2) is 24.3 Å². The second-order valence-corrected chi connectivity index (χ2v) is 4.63. The van der Waals surface area contributed by atoms with Crippen LogP contribution in [-0.4, -0.2) is 17.6 Å². The van der Waals surface area contributed by atoms with Gasteiger partial charge in [-0.15, -0.1) is 0 Å². The summed E-state index contributed by atoms with van der Waals surface area (Å²) in [4.78, 5) is 11.6. The van der Waals surface area contributed by atoms with Gasteiger partial charge in [-0.25, -0.2) is 0 Å². The number of fused-ring (bicyclic) bond motifs is 3. The molecular formula is C14H15NO2. The fourth-order valence-corrected chi connectivity index (χ4v) is 2.90. The van der Waals surface area contributed by atoms with E-state index in [0.29, 0.717) is 0 Å². The largest absolute Gasteiger partial charge is 0.469 e. The molecule has 0 bridgehead atoms. The Labute approximate surface area is 100.0 Å². The van der Waals surface area contributed by atoms with E-state index in [2.05, 4.69) is 29.8 Å². The molecule has 0 spiro atoms. The van der Waals surface area contributed by atoms with Crippen molar-refractivity contribution in [3.05, 3.63) is 35.5 Å². The number of aryl methyl sites for hydroxylation is 1. The van der Waals surface area contributed by atoms with Crippen LogP contribution in [0.3, 0.4) is 0 Å². The zero-order chi connectivity index (χ0) is 12.0. The number of ether oxygens (including phenoxy) is 1. The van der Waals surface area contributed by atoms with E-state index in [1.54, 1.807) is 0 Å². The third kappa shape index (κ3) is 1.38. The Morgan fingerprint density at radius 2 is 2.12 bits per heavy atom. The van der Waals surface area contributed by atoms with Crippen molar-refractivity contribution in [2.75, 3.05) is 7.11 Å². The average Bonchev–Trinajstić information content (AvgIpc) is 2.90. The molecule has 3 nitrogen and oxygen atoms in total. The number of rotatable bonds is 1. The number of esters is 1. The third-order valence-electron chi connectivity index (χ3n) is 3.77. The molecule has 0 fully saturated rings. The summed E-state index contributed by atoms with van der Waals surface area (Å²) in [5.41, 5.74) is 3.85. The molecule has 0 radical (unpaired) electrons. The Morgan fingerprint density at radius 3 is 2.88 bits per heavy atom.